The second-order valence-corrected chi connectivity index (χ2v) is 5.49. The molecule has 0 radical (unpaired) electrons. The summed E-state index contributed by atoms with van der Waals surface area (Å²) in [5.74, 6) is 6.11. The first-order valence-electron chi connectivity index (χ1n) is 6.93. The van der Waals surface area contributed by atoms with E-state index >= 15 is 0 Å². The Morgan fingerprint density at radius 2 is 1.95 bits per heavy atom. The Hall–Kier alpha value is -1.49. The number of aryl methyl sites for hydroxylation is 1. The van der Waals surface area contributed by atoms with Crippen LogP contribution in [0.3, 0.4) is 0 Å². The minimum Gasteiger partial charge on any atom is -0.379 e. The first-order chi connectivity index (χ1) is 9.56. The van der Waals surface area contributed by atoms with Crippen LogP contribution in [0.15, 0.2) is 30.3 Å². The van der Waals surface area contributed by atoms with Gasteiger partial charge in [-0.1, -0.05) is 26.0 Å². The van der Waals surface area contributed by atoms with Crippen LogP contribution < -0.4 is 11.3 Å². The lowest BCUT2D eigenvalue weighted by Crippen LogP contribution is -2.40. The molecule has 0 spiro atoms. The molecule has 0 saturated carbocycles. The number of fused-ring (bicyclic) bond motifs is 1. The molecular weight excluding hydrogens is 250 g/mol. The molecular formula is C16H23N3O. The van der Waals surface area contributed by atoms with Crippen molar-refractivity contribution in [1.29, 1.82) is 0 Å². The first kappa shape index (κ1) is 14.9. The number of hydrogen-bond donors (Lipinski definition) is 2. The van der Waals surface area contributed by atoms with Crippen LogP contribution in [-0.2, 0) is 4.74 Å². The third-order valence-corrected chi connectivity index (χ3v) is 3.65. The van der Waals surface area contributed by atoms with Gasteiger partial charge >= 0.3 is 0 Å². The van der Waals surface area contributed by atoms with E-state index in [2.05, 4.69) is 42.5 Å². The summed E-state index contributed by atoms with van der Waals surface area (Å²) in [6, 6.07) is 10.3. The van der Waals surface area contributed by atoms with Gasteiger partial charge in [0.15, 0.2) is 0 Å². The largest absolute Gasteiger partial charge is 0.379 e. The molecule has 0 saturated heterocycles. The molecule has 2 rings (SSSR count). The molecule has 3 N–H and O–H groups in total. The minimum absolute atomic E-state index is 0.0239. The summed E-state index contributed by atoms with van der Waals surface area (Å²) in [6.07, 6.45) is 0.0239. The summed E-state index contributed by atoms with van der Waals surface area (Å²) >= 11 is 0. The van der Waals surface area contributed by atoms with E-state index in [-0.39, 0.29) is 12.1 Å². The number of rotatable bonds is 5. The lowest BCUT2D eigenvalue weighted by atomic mass is 9.93. The highest BCUT2D eigenvalue weighted by molar-refractivity contribution is 5.79. The van der Waals surface area contributed by atoms with Gasteiger partial charge in [-0.25, -0.2) is 0 Å². The van der Waals surface area contributed by atoms with Crippen LogP contribution in [-0.4, -0.2) is 18.2 Å². The number of benzene rings is 1. The molecule has 108 valence electrons. The van der Waals surface area contributed by atoms with Crippen molar-refractivity contribution in [2.75, 3.05) is 7.11 Å². The molecule has 1 heterocycles. The Morgan fingerprint density at radius 3 is 2.55 bits per heavy atom. The number of methoxy groups -OCH3 is 1. The fraction of sp³-hybridized carbons (Fsp3) is 0.438. The zero-order valence-electron chi connectivity index (χ0n) is 12.6. The Labute approximate surface area is 120 Å². The predicted molar refractivity (Wildman–Crippen MR) is 82.2 cm³/mol. The van der Waals surface area contributed by atoms with Gasteiger partial charge in [0.05, 0.1) is 17.7 Å². The second kappa shape index (κ2) is 6.31. The molecule has 4 nitrogen and oxygen atoms in total. The van der Waals surface area contributed by atoms with Gasteiger partial charge in [0, 0.05) is 18.2 Å². The Kier molecular flexibility index (Phi) is 4.70. The molecule has 0 fully saturated rings. The molecule has 2 aromatic rings. The lowest BCUT2D eigenvalue weighted by molar-refractivity contribution is 0.0326. The van der Waals surface area contributed by atoms with E-state index in [1.165, 1.54) is 0 Å². The molecule has 1 aromatic heterocycles. The molecule has 1 aromatic carbocycles. The second-order valence-electron chi connectivity index (χ2n) is 5.49. The summed E-state index contributed by atoms with van der Waals surface area (Å²) in [5.41, 5.74) is 6.02. The Balaban J connectivity index is 2.42. The van der Waals surface area contributed by atoms with Crippen molar-refractivity contribution in [1.82, 2.24) is 10.4 Å². The molecule has 20 heavy (non-hydrogen) atoms. The molecule has 0 bridgehead atoms. The van der Waals surface area contributed by atoms with Gasteiger partial charge in [-0.05, 0) is 36.6 Å². The molecule has 4 heteroatoms. The quantitative estimate of drug-likeness (QED) is 0.649. The summed E-state index contributed by atoms with van der Waals surface area (Å²) < 4.78 is 5.59. The van der Waals surface area contributed by atoms with Crippen molar-refractivity contribution >= 4 is 10.9 Å². The predicted octanol–water partition coefficient (Wildman–Crippen LogP) is 2.72. The maximum Gasteiger partial charge on any atom is 0.0801 e. The molecule has 0 aliphatic heterocycles. The number of ether oxygens (including phenoxy) is 1. The van der Waals surface area contributed by atoms with Gasteiger partial charge in [0.2, 0.25) is 0 Å². The van der Waals surface area contributed by atoms with Crippen LogP contribution in [0.1, 0.15) is 31.1 Å². The number of pyridine rings is 1. The third kappa shape index (κ3) is 2.98. The zero-order chi connectivity index (χ0) is 14.7. The van der Waals surface area contributed by atoms with Gasteiger partial charge in [-0.3, -0.25) is 16.3 Å². The minimum atomic E-state index is -0.0364. The standard InChI is InChI=1S/C16H23N3O/c1-10(2)16(20-4)15(19-17)13-7-8-14-12(9-13)6-5-11(3)18-14/h5-10,15-16,19H,17H2,1-4H3. The smallest absolute Gasteiger partial charge is 0.0801 e. The van der Waals surface area contributed by atoms with E-state index in [0.717, 1.165) is 22.2 Å². The number of hydrazine groups is 1. The van der Waals surface area contributed by atoms with Crippen LogP contribution in [0, 0.1) is 12.8 Å². The van der Waals surface area contributed by atoms with E-state index in [4.69, 9.17) is 10.6 Å². The summed E-state index contributed by atoms with van der Waals surface area (Å²) in [5, 5.41) is 1.12. The average Bonchev–Trinajstić information content (AvgIpc) is 2.43. The monoisotopic (exact) mass is 273 g/mol. The molecule has 2 atom stereocenters. The maximum atomic E-state index is 5.74. The molecule has 0 amide bonds. The third-order valence-electron chi connectivity index (χ3n) is 3.65. The van der Waals surface area contributed by atoms with E-state index in [9.17, 15) is 0 Å². The van der Waals surface area contributed by atoms with Gasteiger partial charge in [-0.15, -0.1) is 0 Å². The van der Waals surface area contributed by atoms with Gasteiger partial charge in [0.25, 0.3) is 0 Å². The van der Waals surface area contributed by atoms with Crippen LogP contribution in [0.2, 0.25) is 0 Å². The molecule has 2 unspecified atom stereocenters. The highest BCUT2D eigenvalue weighted by Gasteiger charge is 2.25. The van der Waals surface area contributed by atoms with E-state index in [1.807, 2.05) is 19.1 Å². The first-order valence-corrected chi connectivity index (χ1v) is 6.93. The normalized spacial score (nSPS) is 14.7. The maximum absolute atomic E-state index is 5.74. The van der Waals surface area contributed by atoms with Crippen molar-refractivity contribution in [2.24, 2.45) is 11.8 Å². The van der Waals surface area contributed by atoms with E-state index in [1.54, 1.807) is 7.11 Å². The fourth-order valence-corrected chi connectivity index (χ4v) is 2.61. The average molecular weight is 273 g/mol. The van der Waals surface area contributed by atoms with Gasteiger partial charge in [-0.2, -0.15) is 0 Å². The lowest BCUT2D eigenvalue weighted by Gasteiger charge is -2.29. The van der Waals surface area contributed by atoms with Crippen LogP contribution in [0.4, 0.5) is 0 Å². The molecule has 0 aliphatic carbocycles. The zero-order valence-corrected chi connectivity index (χ0v) is 12.6. The highest BCUT2D eigenvalue weighted by Crippen LogP contribution is 2.26. The van der Waals surface area contributed by atoms with Crippen LogP contribution in [0.5, 0.6) is 0 Å². The summed E-state index contributed by atoms with van der Waals surface area (Å²) in [7, 11) is 1.72. The van der Waals surface area contributed by atoms with Crippen molar-refractivity contribution in [2.45, 2.75) is 32.9 Å². The molecule has 0 aliphatic rings. The van der Waals surface area contributed by atoms with Crippen LogP contribution in [0.25, 0.3) is 10.9 Å². The van der Waals surface area contributed by atoms with Crippen molar-refractivity contribution in [3.63, 3.8) is 0 Å². The van der Waals surface area contributed by atoms with Crippen molar-refractivity contribution in [3.8, 4) is 0 Å². The summed E-state index contributed by atoms with van der Waals surface area (Å²) in [4.78, 5) is 4.52. The SMILES string of the molecule is COC(C(C)C)C(NN)c1ccc2nc(C)ccc2c1. The summed E-state index contributed by atoms with van der Waals surface area (Å²) in [6.45, 7) is 6.26. The topological polar surface area (TPSA) is 60.2 Å². The fourth-order valence-electron chi connectivity index (χ4n) is 2.61. The number of nitrogens with one attached hydrogen (secondary N) is 1. The van der Waals surface area contributed by atoms with Crippen LogP contribution >= 0.6 is 0 Å². The Bertz CT molecular complexity index is 583. The van der Waals surface area contributed by atoms with E-state index in [0.29, 0.717) is 5.92 Å². The Morgan fingerprint density at radius 1 is 1.20 bits per heavy atom. The number of hydrogen-bond acceptors (Lipinski definition) is 4. The number of nitrogens with two attached hydrogens (primary N) is 1. The van der Waals surface area contributed by atoms with Gasteiger partial charge in [0.1, 0.15) is 0 Å². The van der Waals surface area contributed by atoms with Crippen molar-refractivity contribution in [3.05, 3.63) is 41.6 Å². The van der Waals surface area contributed by atoms with Gasteiger partial charge < -0.3 is 4.74 Å². The van der Waals surface area contributed by atoms with E-state index < -0.39 is 0 Å². The number of nitrogens with zero attached hydrogens (tertiary/aromatic N) is 1. The number of aromatic nitrogens is 1. The highest BCUT2D eigenvalue weighted by atomic mass is 16.5. The van der Waals surface area contributed by atoms with Crippen molar-refractivity contribution < 1.29 is 4.74 Å².